The van der Waals surface area contributed by atoms with E-state index < -0.39 is 0 Å². The Hall–Kier alpha value is -3.12. The van der Waals surface area contributed by atoms with Crippen molar-refractivity contribution in [2.24, 2.45) is 0 Å². The maximum Gasteiger partial charge on any atom is -0.00258 e. The second kappa shape index (κ2) is 7.84. The Balaban J connectivity index is 1.45. The van der Waals surface area contributed by atoms with Crippen LogP contribution in [0.1, 0.15) is 22.3 Å². The minimum atomic E-state index is 0.983. The first-order chi connectivity index (χ1) is 12.9. The second-order valence-corrected chi connectivity index (χ2v) is 6.72. The van der Waals surface area contributed by atoms with Crippen LogP contribution in [-0.2, 0) is 12.8 Å². The van der Waals surface area contributed by atoms with Crippen LogP contribution in [0.4, 0.5) is 0 Å². The van der Waals surface area contributed by atoms with E-state index in [4.69, 9.17) is 0 Å². The van der Waals surface area contributed by atoms with Crippen LogP contribution in [0.25, 0.3) is 11.1 Å². The van der Waals surface area contributed by atoms with Gasteiger partial charge in [0.1, 0.15) is 0 Å². The van der Waals surface area contributed by atoms with Crippen molar-refractivity contribution in [1.29, 1.82) is 0 Å². The van der Waals surface area contributed by atoms with Crippen LogP contribution >= 0.6 is 0 Å². The van der Waals surface area contributed by atoms with Crippen LogP contribution in [0, 0.1) is 0 Å². The highest BCUT2D eigenvalue weighted by Gasteiger charge is 2.01. The molecular formula is C26H22. The molecule has 0 saturated heterocycles. The fourth-order valence-corrected chi connectivity index (χ4v) is 3.29. The van der Waals surface area contributed by atoms with Crippen molar-refractivity contribution in [3.8, 4) is 11.1 Å². The molecule has 0 bridgehead atoms. The summed E-state index contributed by atoms with van der Waals surface area (Å²) in [6.07, 6.45) is 1.97. The summed E-state index contributed by atoms with van der Waals surface area (Å²) in [6, 6.07) is 39.1. The molecule has 4 aromatic rings. The van der Waals surface area contributed by atoms with Crippen molar-refractivity contribution in [2.45, 2.75) is 12.8 Å². The average molecular weight is 334 g/mol. The van der Waals surface area contributed by atoms with E-state index in [0.717, 1.165) is 12.8 Å². The summed E-state index contributed by atoms with van der Waals surface area (Å²) in [4.78, 5) is 0. The Labute approximate surface area is 155 Å². The molecule has 0 fully saturated rings. The minimum Gasteiger partial charge on any atom is -0.0622 e. The maximum atomic E-state index is 2.24. The molecule has 126 valence electrons. The Bertz CT molecular complexity index is 851. The van der Waals surface area contributed by atoms with Gasteiger partial charge in [0.05, 0.1) is 0 Å². The zero-order valence-corrected chi connectivity index (χ0v) is 14.8. The van der Waals surface area contributed by atoms with Crippen molar-refractivity contribution in [2.75, 3.05) is 0 Å². The Morgan fingerprint density at radius 1 is 0.308 bits per heavy atom. The molecule has 0 N–H and O–H groups in total. The van der Waals surface area contributed by atoms with Crippen LogP contribution in [-0.4, -0.2) is 0 Å². The van der Waals surface area contributed by atoms with E-state index in [0.29, 0.717) is 0 Å². The average Bonchev–Trinajstić information content (AvgIpc) is 2.71. The SMILES string of the molecule is c1ccc(Cc2ccc(-c3ccc(Cc4ccccc4)cc3)cc2)cc1. The number of rotatable bonds is 5. The molecule has 4 aromatic carbocycles. The molecule has 0 heteroatoms. The standard InChI is InChI=1S/C26H22/c1-3-7-21(8-4-1)19-23-11-15-25(16-12-23)26-17-13-24(14-18-26)20-22-9-5-2-6-10-22/h1-18H,19-20H2. The van der Waals surface area contributed by atoms with E-state index in [1.807, 2.05) is 0 Å². The molecule has 0 aromatic heterocycles. The number of benzene rings is 4. The Morgan fingerprint density at radius 3 is 0.962 bits per heavy atom. The molecule has 4 rings (SSSR count). The van der Waals surface area contributed by atoms with Crippen molar-refractivity contribution in [3.63, 3.8) is 0 Å². The fourth-order valence-electron chi connectivity index (χ4n) is 3.29. The Kier molecular flexibility index (Phi) is 4.93. The molecule has 0 unspecified atom stereocenters. The second-order valence-electron chi connectivity index (χ2n) is 6.72. The van der Waals surface area contributed by atoms with Crippen LogP contribution < -0.4 is 0 Å². The first kappa shape index (κ1) is 16.4. The smallest absolute Gasteiger partial charge is 0.00258 e. The summed E-state index contributed by atoms with van der Waals surface area (Å²) in [7, 11) is 0. The van der Waals surface area contributed by atoms with Gasteiger partial charge in [-0.15, -0.1) is 0 Å². The van der Waals surface area contributed by atoms with Crippen LogP contribution in [0.5, 0.6) is 0 Å². The highest BCUT2D eigenvalue weighted by molar-refractivity contribution is 5.64. The van der Waals surface area contributed by atoms with Gasteiger partial charge in [-0.2, -0.15) is 0 Å². The van der Waals surface area contributed by atoms with E-state index in [2.05, 4.69) is 109 Å². The van der Waals surface area contributed by atoms with Crippen molar-refractivity contribution in [3.05, 3.63) is 131 Å². The summed E-state index contributed by atoms with van der Waals surface area (Å²) in [5.41, 5.74) is 7.94. The lowest BCUT2D eigenvalue weighted by molar-refractivity contribution is 1.19. The Morgan fingerprint density at radius 2 is 0.615 bits per heavy atom. The molecule has 0 saturated carbocycles. The molecule has 0 spiro atoms. The summed E-state index contributed by atoms with van der Waals surface area (Å²) < 4.78 is 0. The quantitative estimate of drug-likeness (QED) is 0.389. The highest BCUT2D eigenvalue weighted by atomic mass is 14.1. The molecule has 0 atom stereocenters. The molecule has 0 amide bonds. The largest absolute Gasteiger partial charge is 0.0622 e. The van der Waals surface area contributed by atoms with E-state index >= 15 is 0 Å². The van der Waals surface area contributed by atoms with Gasteiger partial charge in [-0.1, -0.05) is 109 Å². The third-order valence-electron chi connectivity index (χ3n) is 4.74. The van der Waals surface area contributed by atoms with Gasteiger partial charge in [0, 0.05) is 0 Å². The first-order valence-corrected chi connectivity index (χ1v) is 9.13. The van der Waals surface area contributed by atoms with Gasteiger partial charge in [0.15, 0.2) is 0 Å². The highest BCUT2D eigenvalue weighted by Crippen LogP contribution is 2.22. The van der Waals surface area contributed by atoms with Gasteiger partial charge in [-0.25, -0.2) is 0 Å². The van der Waals surface area contributed by atoms with Crippen LogP contribution in [0.3, 0.4) is 0 Å². The normalized spacial score (nSPS) is 10.6. The molecule has 26 heavy (non-hydrogen) atoms. The maximum absolute atomic E-state index is 2.24. The zero-order valence-electron chi connectivity index (χ0n) is 14.8. The predicted molar refractivity (Wildman–Crippen MR) is 110 cm³/mol. The van der Waals surface area contributed by atoms with Gasteiger partial charge in [-0.05, 0) is 46.2 Å². The number of hydrogen-bond donors (Lipinski definition) is 0. The monoisotopic (exact) mass is 334 g/mol. The van der Waals surface area contributed by atoms with Gasteiger partial charge in [0.25, 0.3) is 0 Å². The summed E-state index contributed by atoms with van der Waals surface area (Å²) in [5, 5.41) is 0. The van der Waals surface area contributed by atoms with E-state index in [1.54, 1.807) is 0 Å². The van der Waals surface area contributed by atoms with Crippen molar-refractivity contribution < 1.29 is 0 Å². The van der Waals surface area contributed by atoms with Gasteiger partial charge in [-0.3, -0.25) is 0 Å². The fraction of sp³-hybridized carbons (Fsp3) is 0.0769. The lowest BCUT2D eigenvalue weighted by atomic mass is 9.98. The summed E-state index contributed by atoms with van der Waals surface area (Å²) in [5.74, 6) is 0. The van der Waals surface area contributed by atoms with Gasteiger partial charge >= 0.3 is 0 Å². The summed E-state index contributed by atoms with van der Waals surface area (Å²) >= 11 is 0. The molecule has 0 heterocycles. The minimum absolute atomic E-state index is 0.983. The lowest BCUT2D eigenvalue weighted by Gasteiger charge is -2.07. The van der Waals surface area contributed by atoms with Crippen molar-refractivity contribution >= 4 is 0 Å². The van der Waals surface area contributed by atoms with Crippen LogP contribution in [0.15, 0.2) is 109 Å². The third kappa shape index (κ3) is 4.10. The predicted octanol–water partition coefficient (Wildman–Crippen LogP) is 6.54. The summed E-state index contributed by atoms with van der Waals surface area (Å²) in [6.45, 7) is 0. The molecule has 0 aliphatic carbocycles. The first-order valence-electron chi connectivity index (χ1n) is 9.13. The van der Waals surface area contributed by atoms with Crippen molar-refractivity contribution in [1.82, 2.24) is 0 Å². The molecular weight excluding hydrogens is 312 g/mol. The molecule has 0 radical (unpaired) electrons. The van der Waals surface area contributed by atoms with Crippen LogP contribution in [0.2, 0.25) is 0 Å². The third-order valence-corrected chi connectivity index (χ3v) is 4.74. The molecule has 0 nitrogen and oxygen atoms in total. The molecule has 0 aliphatic rings. The van der Waals surface area contributed by atoms with E-state index in [9.17, 15) is 0 Å². The van der Waals surface area contributed by atoms with E-state index in [1.165, 1.54) is 33.4 Å². The number of hydrogen-bond acceptors (Lipinski definition) is 0. The van der Waals surface area contributed by atoms with Gasteiger partial charge in [0.2, 0.25) is 0 Å². The lowest BCUT2D eigenvalue weighted by Crippen LogP contribution is -1.89. The topological polar surface area (TPSA) is 0 Å². The van der Waals surface area contributed by atoms with E-state index in [-0.39, 0.29) is 0 Å². The zero-order chi connectivity index (χ0) is 17.6. The van der Waals surface area contributed by atoms with Gasteiger partial charge < -0.3 is 0 Å². The molecule has 0 aliphatic heterocycles.